The first-order chi connectivity index (χ1) is 18.4. The zero-order chi connectivity index (χ0) is 27.1. The second-order valence-corrected chi connectivity index (χ2v) is 10.1. The predicted octanol–water partition coefficient (Wildman–Crippen LogP) is 4.63. The number of nitrogen functional groups attached to an aromatic ring is 1. The van der Waals surface area contributed by atoms with Crippen molar-refractivity contribution in [2.75, 3.05) is 12.3 Å². The lowest BCUT2D eigenvalue weighted by atomic mass is 10.1. The number of esters is 2. The van der Waals surface area contributed by atoms with Crippen LogP contribution >= 0.6 is 11.3 Å². The Balaban J connectivity index is 1.69. The summed E-state index contributed by atoms with van der Waals surface area (Å²) in [6, 6.07) is 3.81. The van der Waals surface area contributed by atoms with Crippen LogP contribution in [0.4, 0.5) is 5.82 Å². The molecular weight excluding hydrogens is 506 g/mol. The molecule has 38 heavy (non-hydrogen) atoms. The number of fused-ring (bicyclic) bond motifs is 1. The van der Waals surface area contributed by atoms with E-state index in [4.69, 9.17) is 24.9 Å². The highest BCUT2D eigenvalue weighted by Gasteiger charge is 2.45. The number of unbranched alkanes of at least 4 members (excludes halogenated alkanes) is 6. The molecule has 10 nitrogen and oxygen atoms in total. The van der Waals surface area contributed by atoms with Crippen LogP contribution in [0.15, 0.2) is 17.5 Å². The van der Waals surface area contributed by atoms with Gasteiger partial charge in [0.05, 0.1) is 11.5 Å². The second-order valence-electron chi connectivity index (χ2n) is 9.15. The van der Waals surface area contributed by atoms with Gasteiger partial charge in [-0.3, -0.25) is 14.2 Å². The van der Waals surface area contributed by atoms with E-state index in [1.165, 1.54) is 50.9 Å². The molecule has 0 saturated carbocycles. The topological polar surface area (TPSA) is 131 Å². The molecule has 0 unspecified atom stereocenters. The highest BCUT2D eigenvalue weighted by Crippen LogP contribution is 2.38. The third-order valence-electron chi connectivity index (χ3n) is 6.12. The molecule has 4 heterocycles. The Morgan fingerprint density at radius 2 is 1.89 bits per heavy atom. The van der Waals surface area contributed by atoms with Crippen molar-refractivity contribution in [1.82, 2.24) is 19.5 Å². The number of imidazole rings is 1. The summed E-state index contributed by atoms with van der Waals surface area (Å²) in [6.07, 6.45) is 5.33. The molecule has 3 aromatic rings. The van der Waals surface area contributed by atoms with Crippen LogP contribution in [0.5, 0.6) is 0 Å². The maximum absolute atomic E-state index is 12.0. The number of thiophene rings is 1. The lowest BCUT2D eigenvalue weighted by Crippen LogP contribution is -2.36. The Hall–Kier alpha value is -3.49. The van der Waals surface area contributed by atoms with Crippen LogP contribution in [0.2, 0.25) is 0 Å². The number of hydrogen-bond donors (Lipinski definition) is 1. The van der Waals surface area contributed by atoms with E-state index in [1.54, 1.807) is 4.57 Å². The van der Waals surface area contributed by atoms with E-state index < -0.39 is 30.4 Å². The molecular formula is C27H33N5O5S. The molecule has 0 bridgehead atoms. The molecule has 0 radical (unpaired) electrons. The summed E-state index contributed by atoms with van der Waals surface area (Å²) in [4.78, 5) is 38.3. The summed E-state index contributed by atoms with van der Waals surface area (Å²) in [5.41, 5.74) is 7.10. The molecule has 0 spiro atoms. The monoisotopic (exact) mass is 539 g/mol. The Bertz CT molecular complexity index is 1330. The maximum Gasteiger partial charge on any atom is 0.303 e. The summed E-state index contributed by atoms with van der Waals surface area (Å²) in [5, 5.41) is 1.92. The molecule has 0 amide bonds. The van der Waals surface area contributed by atoms with Crippen molar-refractivity contribution < 1.29 is 23.8 Å². The van der Waals surface area contributed by atoms with Gasteiger partial charge in [-0.25, -0.2) is 15.0 Å². The van der Waals surface area contributed by atoms with Crippen LogP contribution < -0.4 is 5.73 Å². The van der Waals surface area contributed by atoms with Crippen molar-refractivity contribution in [1.29, 1.82) is 0 Å². The number of carbonyl (C=O) groups excluding carboxylic acids is 2. The summed E-state index contributed by atoms with van der Waals surface area (Å²) >= 11 is 1.48. The SMILES string of the molecule is CCCCCCCCC#Cc1nc(N)c2nc(-c3cccs3)n([C@@H]3OC[C@@H](OC(C)=O)[C@H]3OC(C)=O)c2n1. The van der Waals surface area contributed by atoms with Gasteiger partial charge >= 0.3 is 11.9 Å². The van der Waals surface area contributed by atoms with Crippen molar-refractivity contribution in [2.45, 2.75) is 84.2 Å². The summed E-state index contributed by atoms with van der Waals surface area (Å²) in [6.45, 7) is 4.84. The molecule has 0 aliphatic carbocycles. The molecule has 0 aromatic carbocycles. The van der Waals surface area contributed by atoms with Crippen LogP contribution in [0.3, 0.4) is 0 Å². The fraction of sp³-hybridized carbons (Fsp3) is 0.519. The largest absolute Gasteiger partial charge is 0.456 e. The molecule has 2 N–H and O–H groups in total. The molecule has 1 fully saturated rings. The van der Waals surface area contributed by atoms with Gasteiger partial charge in [0.15, 0.2) is 41.2 Å². The molecule has 202 valence electrons. The number of rotatable bonds is 10. The van der Waals surface area contributed by atoms with E-state index in [2.05, 4.69) is 28.7 Å². The van der Waals surface area contributed by atoms with Crippen molar-refractivity contribution in [3.63, 3.8) is 0 Å². The molecule has 1 aliphatic heterocycles. The van der Waals surface area contributed by atoms with Crippen molar-refractivity contribution >= 4 is 40.3 Å². The second kappa shape index (κ2) is 12.8. The number of carbonyl (C=O) groups is 2. The van der Waals surface area contributed by atoms with Gasteiger partial charge in [-0.2, -0.15) is 0 Å². The molecule has 3 atom stereocenters. The van der Waals surface area contributed by atoms with Gasteiger partial charge in [0.1, 0.15) is 0 Å². The van der Waals surface area contributed by atoms with Gasteiger partial charge in [-0.1, -0.05) is 51.0 Å². The highest BCUT2D eigenvalue weighted by molar-refractivity contribution is 7.13. The van der Waals surface area contributed by atoms with Gasteiger partial charge in [0.2, 0.25) is 5.82 Å². The first-order valence-corrected chi connectivity index (χ1v) is 13.8. The number of anilines is 1. The van der Waals surface area contributed by atoms with Crippen molar-refractivity contribution in [2.24, 2.45) is 0 Å². The normalized spacial score (nSPS) is 18.8. The average Bonchev–Trinajstić information content (AvgIpc) is 3.60. The minimum absolute atomic E-state index is 0.0389. The Morgan fingerprint density at radius 1 is 1.13 bits per heavy atom. The van der Waals surface area contributed by atoms with Gasteiger partial charge in [0, 0.05) is 20.3 Å². The van der Waals surface area contributed by atoms with E-state index >= 15 is 0 Å². The number of hydrogen-bond acceptors (Lipinski definition) is 10. The number of nitrogens with two attached hydrogens (primary N) is 1. The van der Waals surface area contributed by atoms with E-state index in [1.807, 2.05) is 17.5 Å². The first-order valence-electron chi connectivity index (χ1n) is 12.9. The van der Waals surface area contributed by atoms with Crippen molar-refractivity contribution in [3.05, 3.63) is 23.3 Å². The third-order valence-corrected chi connectivity index (χ3v) is 6.98. The van der Waals surface area contributed by atoms with Crippen LogP contribution in [0.1, 0.15) is 77.8 Å². The minimum atomic E-state index is -0.911. The first kappa shape index (κ1) is 27.5. The standard InChI is InChI=1S/C27H33N5O5S/c1-4-5-6-7-8-9-10-11-14-21-29-24(28)22-26(30-21)32(25(31-22)20-13-12-15-38-20)27-23(37-18(3)34)19(16-35-27)36-17(2)33/h12-13,15,19,23,27H,4-10,16H2,1-3H3,(H2,28,29,30)/t19-,23-,27-/m1/s1. The predicted molar refractivity (Wildman–Crippen MR) is 144 cm³/mol. The lowest BCUT2D eigenvalue weighted by Gasteiger charge is -2.24. The van der Waals surface area contributed by atoms with Crippen LogP contribution in [-0.2, 0) is 23.8 Å². The van der Waals surface area contributed by atoms with Gasteiger partial charge < -0.3 is 19.9 Å². The summed E-state index contributed by atoms with van der Waals surface area (Å²) < 4.78 is 18.8. The zero-order valence-electron chi connectivity index (χ0n) is 21.9. The van der Waals surface area contributed by atoms with Crippen LogP contribution in [0.25, 0.3) is 21.9 Å². The van der Waals surface area contributed by atoms with E-state index in [-0.39, 0.29) is 18.2 Å². The van der Waals surface area contributed by atoms with E-state index in [0.717, 1.165) is 24.1 Å². The average molecular weight is 540 g/mol. The van der Waals surface area contributed by atoms with Crippen molar-refractivity contribution in [3.8, 4) is 22.5 Å². The van der Waals surface area contributed by atoms with E-state index in [0.29, 0.717) is 17.0 Å². The minimum Gasteiger partial charge on any atom is -0.456 e. The van der Waals surface area contributed by atoms with Gasteiger partial charge in [-0.15, -0.1) is 11.3 Å². The van der Waals surface area contributed by atoms with Gasteiger partial charge in [0.25, 0.3) is 0 Å². The third kappa shape index (κ3) is 6.49. The molecule has 3 aromatic heterocycles. The Morgan fingerprint density at radius 3 is 2.61 bits per heavy atom. The Labute approximate surface area is 225 Å². The number of aromatic nitrogens is 4. The molecule has 1 aliphatic rings. The Kier molecular flexibility index (Phi) is 9.31. The lowest BCUT2D eigenvalue weighted by molar-refractivity contribution is -0.164. The number of nitrogens with zero attached hydrogens (tertiary/aromatic N) is 4. The maximum atomic E-state index is 12.0. The fourth-order valence-electron chi connectivity index (χ4n) is 4.44. The van der Waals surface area contributed by atoms with Gasteiger partial charge in [-0.05, 0) is 23.8 Å². The summed E-state index contributed by atoms with van der Waals surface area (Å²) in [5.74, 6) is 6.15. The summed E-state index contributed by atoms with van der Waals surface area (Å²) in [7, 11) is 0. The fourth-order valence-corrected chi connectivity index (χ4v) is 5.15. The van der Waals surface area contributed by atoms with Crippen LogP contribution in [0, 0.1) is 11.8 Å². The molecule has 1 saturated heterocycles. The zero-order valence-corrected chi connectivity index (χ0v) is 22.8. The van der Waals surface area contributed by atoms with Crippen LogP contribution in [-0.4, -0.2) is 50.3 Å². The smallest absolute Gasteiger partial charge is 0.303 e. The quantitative estimate of drug-likeness (QED) is 0.222. The molecule has 11 heteroatoms. The molecule has 4 rings (SSSR count). The highest BCUT2D eigenvalue weighted by atomic mass is 32.1. The van der Waals surface area contributed by atoms with E-state index in [9.17, 15) is 9.59 Å². The number of ether oxygens (including phenoxy) is 3.